The van der Waals surface area contributed by atoms with Crippen molar-refractivity contribution in [3.8, 4) is 0 Å². The summed E-state index contributed by atoms with van der Waals surface area (Å²) in [5.74, 6) is -0.385. The summed E-state index contributed by atoms with van der Waals surface area (Å²) in [6.07, 6.45) is 0.760. The lowest BCUT2D eigenvalue weighted by atomic mass is 9.94. The lowest BCUT2D eigenvalue weighted by Crippen LogP contribution is -2.24. The molecule has 1 fully saturated rings. The average Bonchev–Trinajstić information content (AvgIpc) is 2.77. The zero-order valence-electron chi connectivity index (χ0n) is 9.37. The summed E-state index contributed by atoms with van der Waals surface area (Å²) >= 11 is 12.0. The number of carbonyl (C=O) groups is 1. The fraction of sp³-hybridized carbons (Fsp3) is 0.417. The Balaban J connectivity index is 2.29. The van der Waals surface area contributed by atoms with Crippen molar-refractivity contribution >= 4 is 29.2 Å². The van der Waals surface area contributed by atoms with E-state index in [1.807, 2.05) is 6.07 Å². The Morgan fingerprint density at radius 2 is 2.24 bits per heavy atom. The summed E-state index contributed by atoms with van der Waals surface area (Å²) in [4.78, 5) is 11.6. The number of carbonyl (C=O) groups excluding carboxylic acids is 1. The summed E-state index contributed by atoms with van der Waals surface area (Å²) in [6, 6.07) is 5.22. The lowest BCUT2D eigenvalue weighted by molar-refractivity contribution is -0.145. The molecule has 1 aliphatic heterocycles. The van der Waals surface area contributed by atoms with Crippen molar-refractivity contribution in [2.45, 2.75) is 12.5 Å². The van der Waals surface area contributed by atoms with E-state index >= 15 is 0 Å². The minimum Gasteiger partial charge on any atom is -0.469 e. The van der Waals surface area contributed by atoms with Crippen molar-refractivity contribution in [1.82, 2.24) is 5.32 Å². The van der Waals surface area contributed by atoms with Crippen LogP contribution in [0.4, 0.5) is 0 Å². The minimum absolute atomic E-state index is 0.0905. The van der Waals surface area contributed by atoms with Crippen LogP contribution in [0.1, 0.15) is 18.0 Å². The van der Waals surface area contributed by atoms with E-state index in [1.54, 1.807) is 12.1 Å². The van der Waals surface area contributed by atoms with Crippen molar-refractivity contribution in [2.75, 3.05) is 13.7 Å². The van der Waals surface area contributed by atoms with Crippen LogP contribution in [-0.4, -0.2) is 19.6 Å². The van der Waals surface area contributed by atoms with Gasteiger partial charge in [0.2, 0.25) is 0 Å². The Labute approximate surface area is 110 Å². The smallest absolute Gasteiger partial charge is 0.310 e. The second-order valence-corrected chi connectivity index (χ2v) is 4.86. The van der Waals surface area contributed by atoms with E-state index in [0.717, 1.165) is 18.5 Å². The second kappa shape index (κ2) is 5.25. The molecule has 0 spiro atoms. The van der Waals surface area contributed by atoms with Crippen molar-refractivity contribution in [3.05, 3.63) is 33.8 Å². The first-order chi connectivity index (χ1) is 8.13. The van der Waals surface area contributed by atoms with Crippen molar-refractivity contribution in [1.29, 1.82) is 0 Å². The maximum absolute atomic E-state index is 11.6. The van der Waals surface area contributed by atoms with E-state index in [0.29, 0.717) is 10.0 Å². The molecule has 2 atom stereocenters. The van der Waals surface area contributed by atoms with Gasteiger partial charge in [-0.3, -0.25) is 4.79 Å². The third-order valence-corrected chi connectivity index (χ3v) is 3.59. The molecule has 1 aliphatic rings. The fourth-order valence-corrected chi connectivity index (χ4v) is 2.72. The molecule has 1 heterocycles. The van der Waals surface area contributed by atoms with Crippen LogP contribution in [0, 0.1) is 5.92 Å². The predicted octanol–water partition coefficient (Wildman–Crippen LogP) is 2.82. The van der Waals surface area contributed by atoms with Crippen LogP contribution in [0.15, 0.2) is 18.2 Å². The summed E-state index contributed by atoms with van der Waals surface area (Å²) in [7, 11) is 1.40. The maximum Gasteiger partial charge on any atom is 0.310 e. The molecular weight excluding hydrogens is 261 g/mol. The van der Waals surface area contributed by atoms with E-state index in [9.17, 15) is 4.79 Å². The number of methoxy groups -OCH3 is 1. The van der Waals surface area contributed by atoms with Gasteiger partial charge >= 0.3 is 5.97 Å². The highest BCUT2D eigenvalue weighted by atomic mass is 35.5. The zero-order valence-corrected chi connectivity index (χ0v) is 10.9. The van der Waals surface area contributed by atoms with Crippen LogP contribution in [0.3, 0.4) is 0 Å². The van der Waals surface area contributed by atoms with Crippen LogP contribution in [0.5, 0.6) is 0 Å². The van der Waals surface area contributed by atoms with Gasteiger partial charge in [0.25, 0.3) is 0 Å². The minimum atomic E-state index is -0.203. The number of hydrogen-bond acceptors (Lipinski definition) is 3. The molecule has 1 aromatic rings. The van der Waals surface area contributed by atoms with Gasteiger partial charge in [0.15, 0.2) is 0 Å². The third-order valence-electron chi connectivity index (χ3n) is 3.02. The van der Waals surface area contributed by atoms with E-state index in [1.165, 1.54) is 7.11 Å². The third kappa shape index (κ3) is 2.57. The molecule has 0 amide bonds. The van der Waals surface area contributed by atoms with Crippen LogP contribution >= 0.6 is 23.2 Å². The highest BCUT2D eigenvalue weighted by molar-refractivity contribution is 6.35. The molecule has 5 heteroatoms. The number of nitrogens with one attached hydrogen (secondary N) is 1. The van der Waals surface area contributed by atoms with E-state index in [4.69, 9.17) is 27.9 Å². The molecule has 92 valence electrons. The molecule has 3 nitrogen and oxygen atoms in total. The molecule has 0 saturated carbocycles. The van der Waals surface area contributed by atoms with Gasteiger partial charge < -0.3 is 10.1 Å². The molecular formula is C12H13Cl2NO2. The molecule has 0 bridgehead atoms. The molecule has 1 saturated heterocycles. The van der Waals surface area contributed by atoms with Gasteiger partial charge in [-0.05, 0) is 30.7 Å². The van der Waals surface area contributed by atoms with Gasteiger partial charge in [0.05, 0.1) is 13.0 Å². The standard InChI is InChI=1S/C12H13Cl2NO2/c1-17-12(16)9-4-5-15-11(9)8-3-2-7(13)6-10(8)14/h2-3,6,9,11,15H,4-5H2,1H3/t9-,11-/m0/s1. The molecule has 2 rings (SSSR count). The number of benzene rings is 1. The Kier molecular flexibility index (Phi) is 3.92. The lowest BCUT2D eigenvalue weighted by Gasteiger charge is -2.19. The number of ether oxygens (including phenoxy) is 1. The normalized spacial score (nSPS) is 23.7. The fourth-order valence-electron chi connectivity index (χ4n) is 2.19. The molecule has 0 radical (unpaired) electrons. The topological polar surface area (TPSA) is 38.3 Å². The van der Waals surface area contributed by atoms with Crippen LogP contribution in [0.2, 0.25) is 10.0 Å². The first kappa shape index (κ1) is 12.7. The largest absolute Gasteiger partial charge is 0.469 e. The Morgan fingerprint density at radius 1 is 1.47 bits per heavy atom. The average molecular weight is 274 g/mol. The van der Waals surface area contributed by atoms with Gasteiger partial charge in [-0.1, -0.05) is 29.3 Å². The molecule has 0 aromatic heterocycles. The highest BCUT2D eigenvalue weighted by Crippen LogP contribution is 2.35. The summed E-state index contributed by atoms with van der Waals surface area (Å²) < 4.78 is 4.80. The van der Waals surface area contributed by atoms with Gasteiger partial charge in [-0.2, -0.15) is 0 Å². The van der Waals surface area contributed by atoms with Crippen molar-refractivity contribution in [3.63, 3.8) is 0 Å². The summed E-state index contributed by atoms with van der Waals surface area (Å²) in [5.41, 5.74) is 0.893. The van der Waals surface area contributed by atoms with Crippen molar-refractivity contribution in [2.24, 2.45) is 5.92 Å². The number of rotatable bonds is 2. The number of halogens is 2. The molecule has 0 aliphatic carbocycles. The Morgan fingerprint density at radius 3 is 2.88 bits per heavy atom. The Hall–Kier alpha value is -0.770. The SMILES string of the molecule is COC(=O)[C@H]1CCN[C@H]1c1ccc(Cl)cc1Cl. The summed E-state index contributed by atoms with van der Waals surface area (Å²) in [5, 5.41) is 4.43. The van der Waals surface area contributed by atoms with Gasteiger partial charge in [0.1, 0.15) is 0 Å². The van der Waals surface area contributed by atoms with Crippen LogP contribution in [-0.2, 0) is 9.53 Å². The number of hydrogen-bond donors (Lipinski definition) is 1. The molecule has 17 heavy (non-hydrogen) atoms. The first-order valence-corrected chi connectivity index (χ1v) is 6.15. The van der Waals surface area contributed by atoms with Gasteiger partial charge in [-0.15, -0.1) is 0 Å². The van der Waals surface area contributed by atoms with Crippen LogP contribution < -0.4 is 5.32 Å². The second-order valence-electron chi connectivity index (χ2n) is 4.02. The zero-order chi connectivity index (χ0) is 12.4. The van der Waals surface area contributed by atoms with E-state index < -0.39 is 0 Å². The predicted molar refractivity (Wildman–Crippen MR) is 67.3 cm³/mol. The van der Waals surface area contributed by atoms with Crippen LogP contribution in [0.25, 0.3) is 0 Å². The molecule has 1 N–H and O–H groups in total. The monoisotopic (exact) mass is 273 g/mol. The van der Waals surface area contributed by atoms with Gasteiger partial charge in [-0.25, -0.2) is 0 Å². The summed E-state index contributed by atoms with van der Waals surface area (Å²) in [6.45, 7) is 0.781. The van der Waals surface area contributed by atoms with E-state index in [2.05, 4.69) is 5.32 Å². The van der Waals surface area contributed by atoms with Crippen molar-refractivity contribution < 1.29 is 9.53 Å². The molecule has 0 unspecified atom stereocenters. The maximum atomic E-state index is 11.6. The quantitative estimate of drug-likeness (QED) is 0.843. The van der Waals surface area contributed by atoms with E-state index in [-0.39, 0.29) is 17.9 Å². The molecule has 1 aromatic carbocycles. The number of esters is 1. The Bertz CT molecular complexity index is 437. The highest BCUT2D eigenvalue weighted by Gasteiger charge is 2.35. The first-order valence-electron chi connectivity index (χ1n) is 5.39. The van der Waals surface area contributed by atoms with Gasteiger partial charge in [0, 0.05) is 16.1 Å².